The molecule has 1 amide bonds. The average Bonchev–Trinajstić information content (AvgIpc) is 2.56. The summed E-state index contributed by atoms with van der Waals surface area (Å²) in [4.78, 5) is 12.3. The molecule has 0 aromatic heterocycles. The van der Waals surface area contributed by atoms with Crippen molar-refractivity contribution in [3.8, 4) is 11.5 Å². The van der Waals surface area contributed by atoms with Gasteiger partial charge in [-0.25, -0.2) is 0 Å². The van der Waals surface area contributed by atoms with Crippen LogP contribution in [0.15, 0.2) is 36.4 Å². The van der Waals surface area contributed by atoms with Gasteiger partial charge in [-0.1, -0.05) is 11.6 Å². The number of rotatable bonds is 4. The summed E-state index contributed by atoms with van der Waals surface area (Å²) in [7, 11) is 3.04. The Balaban J connectivity index is 2.07. The lowest BCUT2D eigenvalue weighted by atomic mass is 10.2. The summed E-state index contributed by atoms with van der Waals surface area (Å²) in [6.45, 7) is 1.90. The second-order valence-corrected chi connectivity index (χ2v) is 5.78. The number of nitrogens with one attached hydrogen (secondary N) is 2. The summed E-state index contributed by atoms with van der Waals surface area (Å²) in [6, 6.07) is 10.2. The number of hydrogen-bond donors (Lipinski definition) is 2. The van der Waals surface area contributed by atoms with Gasteiger partial charge in [0.2, 0.25) is 0 Å². The van der Waals surface area contributed by atoms with Crippen molar-refractivity contribution in [1.29, 1.82) is 0 Å². The Bertz CT molecular complexity index is 780. The van der Waals surface area contributed by atoms with Gasteiger partial charge in [0, 0.05) is 16.3 Å². The lowest BCUT2D eigenvalue weighted by Crippen LogP contribution is -2.34. The van der Waals surface area contributed by atoms with Crippen LogP contribution in [0.3, 0.4) is 0 Å². The minimum atomic E-state index is -0.347. The SMILES string of the molecule is COc1ccc(C(=O)NC(=S)Nc2ccc(Cl)cc2C)cc1OC. The number of halogens is 1. The number of carbonyl (C=O) groups is 1. The molecule has 0 aliphatic carbocycles. The minimum absolute atomic E-state index is 0.195. The van der Waals surface area contributed by atoms with Crippen LogP contribution < -0.4 is 20.1 Å². The highest BCUT2D eigenvalue weighted by Crippen LogP contribution is 2.27. The number of anilines is 1. The van der Waals surface area contributed by atoms with Gasteiger partial charge in [0.1, 0.15) is 0 Å². The smallest absolute Gasteiger partial charge is 0.257 e. The standard InChI is InChI=1S/C17H17ClN2O3S/c1-10-8-12(18)5-6-13(10)19-17(24)20-16(21)11-4-7-14(22-2)15(9-11)23-3/h4-9H,1-3H3,(H2,19,20,21,24). The van der Waals surface area contributed by atoms with Crippen molar-refractivity contribution in [3.63, 3.8) is 0 Å². The quantitative estimate of drug-likeness (QED) is 0.808. The molecule has 5 nitrogen and oxygen atoms in total. The van der Waals surface area contributed by atoms with Crippen molar-refractivity contribution in [2.75, 3.05) is 19.5 Å². The zero-order valence-electron chi connectivity index (χ0n) is 13.5. The first-order chi connectivity index (χ1) is 11.4. The van der Waals surface area contributed by atoms with E-state index in [0.717, 1.165) is 11.3 Å². The van der Waals surface area contributed by atoms with Crippen LogP contribution in [0.4, 0.5) is 5.69 Å². The Kier molecular flexibility index (Phi) is 6.00. The molecule has 2 aromatic rings. The van der Waals surface area contributed by atoms with Crippen molar-refractivity contribution in [1.82, 2.24) is 5.32 Å². The fraction of sp³-hybridized carbons (Fsp3) is 0.176. The van der Waals surface area contributed by atoms with E-state index in [9.17, 15) is 4.79 Å². The summed E-state index contributed by atoms with van der Waals surface area (Å²) in [6.07, 6.45) is 0. The second-order valence-electron chi connectivity index (χ2n) is 4.94. The largest absolute Gasteiger partial charge is 0.493 e. The maximum Gasteiger partial charge on any atom is 0.257 e. The van der Waals surface area contributed by atoms with Crippen LogP contribution in [-0.2, 0) is 0 Å². The number of aryl methyl sites for hydroxylation is 1. The molecule has 0 aliphatic heterocycles. The Labute approximate surface area is 150 Å². The van der Waals surface area contributed by atoms with Crippen LogP contribution in [0.2, 0.25) is 5.02 Å². The van der Waals surface area contributed by atoms with Crippen molar-refractivity contribution in [2.24, 2.45) is 0 Å². The van der Waals surface area contributed by atoms with E-state index in [0.29, 0.717) is 22.1 Å². The fourth-order valence-corrected chi connectivity index (χ4v) is 2.50. The maximum absolute atomic E-state index is 12.3. The number of ether oxygens (including phenoxy) is 2. The maximum atomic E-state index is 12.3. The van der Waals surface area contributed by atoms with Gasteiger partial charge in [0.15, 0.2) is 16.6 Å². The monoisotopic (exact) mass is 364 g/mol. The molecule has 126 valence electrons. The van der Waals surface area contributed by atoms with Crippen LogP contribution in [0, 0.1) is 6.92 Å². The minimum Gasteiger partial charge on any atom is -0.493 e. The first-order valence-corrected chi connectivity index (χ1v) is 7.83. The van der Waals surface area contributed by atoms with Crippen LogP contribution >= 0.6 is 23.8 Å². The first-order valence-electron chi connectivity index (χ1n) is 7.05. The molecule has 0 fully saturated rings. The number of amides is 1. The van der Waals surface area contributed by atoms with E-state index in [1.54, 1.807) is 30.3 Å². The lowest BCUT2D eigenvalue weighted by molar-refractivity contribution is 0.0977. The molecule has 2 aromatic carbocycles. The Morgan fingerprint density at radius 3 is 2.42 bits per heavy atom. The Morgan fingerprint density at radius 1 is 1.08 bits per heavy atom. The molecule has 0 bridgehead atoms. The number of carbonyl (C=O) groups excluding carboxylic acids is 1. The van der Waals surface area contributed by atoms with Gasteiger partial charge in [-0.2, -0.15) is 0 Å². The van der Waals surface area contributed by atoms with Gasteiger partial charge in [-0.15, -0.1) is 0 Å². The third-order valence-electron chi connectivity index (χ3n) is 3.31. The highest BCUT2D eigenvalue weighted by Gasteiger charge is 2.12. The van der Waals surface area contributed by atoms with Gasteiger partial charge in [-0.05, 0) is 61.1 Å². The van der Waals surface area contributed by atoms with E-state index in [1.165, 1.54) is 14.2 Å². The van der Waals surface area contributed by atoms with E-state index >= 15 is 0 Å². The molecule has 0 heterocycles. The molecule has 0 saturated carbocycles. The van der Waals surface area contributed by atoms with E-state index < -0.39 is 0 Å². The highest BCUT2D eigenvalue weighted by atomic mass is 35.5. The number of hydrogen-bond acceptors (Lipinski definition) is 4. The predicted molar refractivity (Wildman–Crippen MR) is 99.4 cm³/mol. The zero-order valence-corrected chi connectivity index (χ0v) is 15.0. The third-order valence-corrected chi connectivity index (χ3v) is 3.75. The van der Waals surface area contributed by atoms with Crippen molar-refractivity contribution in [2.45, 2.75) is 6.92 Å². The molecule has 0 radical (unpaired) electrons. The van der Waals surface area contributed by atoms with Crippen LogP contribution in [0.5, 0.6) is 11.5 Å². The first kappa shape index (κ1) is 18.0. The highest BCUT2D eigenvalue weighted by molar-refractivity contribution is 7.80. The topological polar surface area (TPSA) is 59.6 Å². The van der Waals surface area contributed by atoms with Crippen molar-refractivity contribution in [3.05, 3.63) is 52.5 Å². The number of methoxy groups -OCH3 is 2. The zero-order chi connectivity index (χ0) is 17.7. The van der Waals surface area contributed by atoms with Gasteiger partial charge < -0.3 is 14.8 Å². The van der Waals surface area contributed by atoms with Gasteiger partial charge in [0.25, 0.3) is 5.91 Å². The Morgan fingerprint density at radius 2 is 1.79 bits per heavy atom. The molecule has 2 N–H and O–H groups in total. The molecule has 0 atom stereocenters. The molecule has 24 heavy (non-hydrogen) atoms. The summed E-state index contributed by atoms with van der Waals surface area (Å²) in [5.74, 6) is 0.671. The van der Waals surface area contributed by atoms with Crippen LogP contribution in [0.1, 0.15) is 15.9 Å². The van der Waals surface area contributed by atoms with Crippen molar-refractivity contribution < 1.29 is 14.3 Å². The van der Waals surface area contributed by atoms with Gasteiger partial charge in [0.05, 0.1) is 14.2 Å². The predicted octanol–water partition coefficient (Wildman–Crippen LogP) is 3.79. The van der Waals surface area contributed by atoms with E-state index in [1.807, 2.05) is 13.0 Å². The summed E-state index contributed by atoms with van der Waals surface area (Å²) >= 11 is 11.1. The number of thiocarbonyl (C=S) groups is 1. The van der Waals surface area contributed by atoms with Gasteiger partial charge >= 0.3 is 0 Å². The third kappa shape index (κ3) is 4.37. The molecule has 0 unspecified atom stereocenters. The molecule has 7 heteroatoms. The molecule has 0 spiro atoms. The Hall–Kier alpha value is -2.31. The molecular weight excluding hydrogens is 348 g/mol. The molecule has 0 saturated heterocycles. The van der Waals surface area contributed by atoms with Gasteiger partial charge in [-0.3, -0.25) is 10.1 Å². The van der Waals surface area contributed by atoms with Crippen molar-refractivity contribution >= 4 is 40.5 Å². The lowest BCUT2D eigenvalue weighted by Gasteiger charge is -2.13. The average molecular weight is 365 g/mol. The fourth-order valence-electron chi connectivity index (χ4n) is 2.07. The van der Waals surface area contributed by atoms with E-state index in [2.05, 4.69) is 10.6 Å². The summed E-state index contributed by atoms with van der Waals surface area (Å²) in [5.41, 5.74) is 2.10. The summed E-state index contributed by atoms with van der Waals surface area (Å²) < 4.78 is 10.3. The molecule has 0 aliphatic rings. The van der Waals surface area contributed by atoms with Crippen LogP contribution in [0.25, 0.3) is 0 Å². The molecular formula is C17H17ClN2O3S. The molecule has 2 rings (SSSR count). The normalized spacial score (nSPS) is 10.0. The van der Waals surface area contributed by atoms with E-state index in [-0.39, 0.29) is 11.0 Å². The van der Waals surface area contributed by atoms with E-state index in [4.69, 9.17) is 33.3 Å². The second kappa shape index (κ2) is 7.99. The van der Waals surface area contributed by atoms with Crippen LogP contribution in [-0.4, -0.2) is 25.2 Å². The summed E-state index contributed by atoms with van der Waals surface area (Å²) in [5, 5.41) is 6.43. The number of benzene rings is 2.